The van der Waals surface area contributed by atoms with Crippen LogP contribution in [0.4, 0.5) is 0 Å². The molecule has 1 aliphatic rings. The zero-order valence-corrected chi connectivity index (χ0v) is 16.0. The molecule has 2 heterocycles. The van der Waals surface area contributed by atoms with Crippen LogP contribution in [-0.2, 0) is 11.4 Å². The fourth-order valence-electron chi connectivity index (χ4n) is 2.92. The average Bonchev–Trinajstić information content (AvgIpc) is 3.06. The van der Waals surface area contributed by atoms with E-state index < -0.39 is 0 Å². The predicted octanol–water partition coefficient (Wildman–Crippen LogP) is 3.84. The van der Waals surface area contributed by atoms with E-state index in [0.717, 1.165) is 37.2 Å². The van der Waals surface area contributed by atoms with Gasteiger partial charge in [0.15, 0.2) is 6.61 Å². The molecule has 1 amide bonds. The van der Waals surface area contributed by atoms with Crippen LogP contribution in [0.25, 0.3) is 0 Å². The Labute approximate surface area is 158 Å². The first-order chi connectivity index (χ1) is 12.7. The molecule has 140 valence electrons. The molecular weight excluding hydrogens is 350 g/mol. The molecule has 26 heavy (non-hydrogen) atoms. The molecule has 0 N–H and O–H groups in total. The Hall–Kier alpha value is -2.02. The normalized spacial score (nSPS) is 15.3. The Morgan fingerprint density at radius 3 is 2.73 bits per heavy atom. The summed E-state index contributed by atoms with van der Waals surface area (Å²) < 4.78 is 11.2. The molecule has 0 aliphatic carbocycles. The van der Waals surface area contributed by atoms with Crippen LogP contribution in [0.15, 0.2) is 33.9 Å². The molecule has 1 saturated heterocycles. The van der Waals surface area contributed by atoms with Gasteiger partial charge in [-0.15, -0.1) is 10.2 Å². The van der Waals surface area contributed by atoms with Gasteiger partial charge in [-0.25, -0.2) is 0 Å². The summed E-state index contributed by atoms with van der Waals surface area (Å²) in [6, 6.07) is 7.79. The lowest BCUT2D eigenvalue weighted by Gasteiger charge is -2.24. The molecule has 0 unspecified atom stereocenters. The molecule has 6 nitrogen and oxygen atoms in total. The van der Waals surface area contributed by atoms with Gasteiger partial charge in [0.25, 0.3) is 11.1 Å². The van der Waals surface area contributed by atoms with Gasteiger partial charge in [-0.05, 0) is 37.5 Å². The second-order valence-corrected chi connectivity index (χ2v) is 7.43. The minimum Gasteiger partial charge on any atom is -0.484 e. The third-order valence-electron chi connectivity index (χ3n) is 4.33. The van der Waals surface area contributed by atoms with Crippen LogP contribution in [0.2, 0.25) is 0 Å². The molecule has 7 heteroatoms. The molecule has 1 fully saturated rings. The molecule has 1 aromatic carbocycles. The van der Waals surface area contributed by atoms with Gasteiger partial charge in [-0.2, -0.15) is 0 Å². The van der Waals surface area contributed by atoms with E-state index in [1.54, 1.807) is 0 Å². The summed E-state index contributed by atoms with van der Waals surface area (Å²) in [5, 5.41) is 8.39. The molecule has 0 radical (unpaired) electrons. The van der Waals surface area contributed by atoms with E-state index in [9.17, 15) is 4.79 Å². The van der Waals surface area contributed by atoms with E-state index >= 15 is 0 Å². The summed E-state index contributed by atoms with van der Waals surface area (Å²) in [6.45, 7) is 3.95. The number of ether oxygens (including phenoxy) is 1. The van der Waals surface area contributed by atoms with Crippen LogP contribution in [-0.4, -0.2) is 39.8 Å². The van der Waals surface area contributed by atoms with Crippen molar-refractivity contribution in [3.63, 3.8) is 0 Å². The zero-order valence-electron chi connectivity index (χ0n) is 15.1. The van der Waals surface area contributed by atoms with E-state index in [1.165, 1.54) is 31.0 Å². The molecule has 1 aromatic heterocycles. The van der Waals surface area contributed by atoms with Crippen molar-refractivity contribution in [2.75, 3.05) is 18.8 Å². The second kappa shape index (κ2) is 9.62. The van der Waals surface area contributed by atoms with Crippen LogP contribution in [0.3, 0.4) is 0 Å². The van der Waals surface area contributed by atoms with Gasteiger partial charge in [0, 0.05) is 13.1 Å². The Kier molecular flexibility index (Phi) is 6.94. The third-order valence-corrected chi connectivity index (χ3v) is 5.13. The minimum atomic E-state index is 0.146. The van der Waals surface area contributed by atoms with Crippen molar-refractivity contribution in [3.05, 3.63) is 35.7 Å². The van der Waals surface area contributed by atoms with E-state index in [2.05, 4.69) is 10.2 Å². The average molecular weight is 375 g/mol. The topological polar surface area (TPSA) is 68.5 Å². The summed E-state index contributed by atoms with van der Waals surface area (Å²) in [4.78, 5) is 14.3. The van der Waals surface area contributed by atoms with E-state index in [1.807, 2.05) is 36.1 Å². The molecule has 2 aromatic rings. The number of hydrogen-bond donors (Lipinski definition) is 0. The van der Waals surface area contributed by atoms with E-state index in [-0.39, 0.29) is 12.5 Å². The van der Waals surface area contributed by atoms with Crippen LogP contribution >= 0.6 is 11.8 Å². The number of carbonyl (C=O) groups excluding carboxylic acids is 1. The predicted molar refractivity (Wildman–Crippen MR) is 100 cm³/mol. The summed E-state index contributed by atoms with van der Waals surface area (Å²) >= 11 is 1.29. The van der Waals surface area contributed by atoms with Gasteiger partial charge in [0.05, 0.1) is 5.75 Å². The number of aromatic nitrogens is 2. The van der Waals surface area contributed by atoms with Crippen molar-refractivity contribution in [2.45, 2.75) is 50.9 Å². The summed E-state index contributed by atoms with van der Waals surface area (Å²) in [7, 11) is 0. The number of likely N-dealkylation sites (tertiary alicyclic amines) is 1. The van der Waals surface area contributed by atoms with Crippen LogP contribution in [0.5, 0.6) is 5.75 Å². The number of rotatable bonds is 6. The third kappa shape index (κ3) is 5.76. The lowest BCUT2D eigenvalue weighted by Crippen LogP contribution is -2.35. The highest BCUT2D eigenvalue weighted by Gasteiger charge is 2.17. The maximum Gasteiger partial charge on any atom is 0.277 e. The summed E-state index contributed by atoms with van der Waals surface area (Å²) in [5.74, 6) is 1.66. The monoisotopic (exact) mass is 375 g/mol. The minimum absolute atomic E-state index is 0.146. The fourth-order valence-corrected chi connectivity index (χ4v) is 3.60. The lowest BCUT2D eigenvalue weighted by atomic mass is 10.1. The van der Waals surface area contributed by atoms with Crippen molar-refractivity contribution in [1.82, 2.24) is 15.1 Å². The van der Waals surface area contributed by atoms with Crippen molar-refractivity contribution in [2.24, 2.45) is 0 Å². The maximum atomic E-state index is 12.4. The summed E-state index contributed by atoms with van der Waals surface area (Å²) in [6.07, 6.45) is 5.90. The quantitative estimate of drug-likeness (QED) is 0.715. The first-order valence-electron chi connectivity index (χ1n) is 9.13. The van der Waals surface area contributed by atoms with Crippen LogP contribution in [0.1, 0.15) is 43.6 Å². The molecule has 0 bridgehead atoms. The van der Waals surface area contributed by atoms with Gasteiger partial charge >= 0.3 is 0 Å². The number of benzene rings is 1. The fraction of sp³-hybridized carbons (Fsp3) is 0.526. The maximum absolute atomic E-state index is 12.4. The molecular formula is C19H25N3O3S. The number of amides is 1. The number of thioether (sulfide) groups is 1. The Bertz CT molecular complexity index is 712. The molecule has 0 spiro atoms. The highest BCUT2D eigenvalue weighted by atomic mass is 32.2. The Balaban J connectivity index is 1.45. The first-order valence-corrected chi connectivity index (χ1v) is 10.1. The van der Waals surface area contributed by atoms with Gasteiger partial charge in [0.2, 0.25) is 5.91 Å². The highest BCUT2D eigenvalue weighted by molar-refractivity contribution is 7.99. The number of aryl methyl sites for hydroxylation is 1. The van der Waals surface area contributed by atoms with E-state index in [0.29, 0.717) is 16.9 Å². The molecule has 0 atom stereocenters. The largest absolute Gasteiger partial charge is 0.484 e. The Morgan fingerprint density at radius 1 is 1.19 bits per heavy atom. The smallest absolute Gasteiger partial charge is 0.277 e. The zero-order chi connectivity index (χ0) is 18.2. The first kappa shape index (κ1) is 18.8. The van der Waals surface area contributed by atoms with Crippen molar-refractivity contribution < 1.29 is 13.9 Å². The molecule has 0 saturated carbocycles. The number of carbonyl (C=O) groups is 1. The van der Waals surface area contributed by atoms with Gasteiger partial charge < -0.3 is 14.1 Å². The van der Waals surface area contributed by atoms with E-state index in [4.69, 9.17) is 9.15 Å². The number of nitrogens with zero attached hydrogens (tertiary/aromatic N) is 3. The lowest BCUT2D eigenvalue weighted by molar-refractivity contribution is -0.128. The SMILES string of the molecule is Cc1cccc(OCc2nnc(SCC(=O)N3CCCCCCC3)o2)c1. The van der Waals surface area contributed by atoms with Gasteiger partial charge in [-0.1, -0.05) is 43.2 Å². The van der Waals surface area contributed by atoms with Gasteiger partial charge in [-0.3, -0.25) is 4.79 Å². The van der Waals surface area contributed by atoms with Crippen LogP contribution < -0.4 is 4.74 Å². The van der Waals surface area contributed by atoms with Crippen molar-refractivity contribution in [1.29, 1.82) is 0 Å². The van der Waals surface area contributed by atoms with Crippen LogP contribution in [0, 0.1) is 6.92 Å². The second-order valence-electron chi connectivity index (χ2n) is 6.50. The van der Waals surface area contributed by atoms with Crippen molar-refractivity contribution in [3.8, 4) is 5.75 Å². The standard InChI is InChI=1S/C19H25N3O3S/c1-15-8-7-9-16(12-15)24-13-17-20-21-19(25-17)26-14-18(23)22-10-5-3-2-4-6-11-22/h7-9,12H,2-6,10-11,13-14H2,1H3. The summed E-state index contributed by atoms with van der Waals surface area (Å²) in [5.41, 5.74) is 1.13. The van der Waals surface area contributed by atoms with Crippen molar-refractivity contribution >= 4 is 17.7 Å². The Morgan fingerprint density at radius 2 is 1.96 bits per heavy atom. The van der Waals surface area contributed by atoms with Gasteiger partial charge in [0.1, 0.15) is 5.75 Å². The number of hydrogen-bond acceptors (Lipinski definition) is 6. The highest BCUT2D eigenvalue weighted by Crippen LogP contribution is 2.19. The molecule has 3 rings (SSSR count). The molecule has 1 aliphatic heterocycles.